The van der Waals surface area contributed by atoms with E-state index in [9.17, 15) is 0 Å². The van der Waals surface area contributed by atoms with Gasteiger partial charge in [0.25, 0.3) is 0 Å². The topological polar surface area (TPSA) is 36.2 Å². The van der Waals surface area contributed by atoms with Gasteiger partial charge in [0.1, 0.15) is 0 Å². The molecule has 0 fully saturated rings. The van der Waals surface area contributed by atoms with Gasteiger partial charge in [0.15, 0.2) is 0 Å². The third kappa shape index (κ3) is 2.29. The van der Waals surface area contributed by atoms with E-state index in [0.717, 1.165) is 11.1 Å². The Hall–Kier alpha value is -0.920. The molecule has 2 heteroatoms. The molecule has 0 spiro atoms. The summed E-state index contributed by atoms with van der Waals surface area (Å²) in [6.07, 6.45) is 1.47. The van der Waals surface area contributed by atoms with E-state index in [-0.39, 0.29) is 0 Å². The number of nitrogens with one attached hydrogen (secondary N) is 1. The second-order valence-electron chi connectivity index (χ2n) is 1.72. The van der Waals surface area contributed by atoms with Gasteiger partial charge in [-0.15, -0.1) is 0 Å². The summed E-state index contributed by atoms with van der Waals surface area (Å²) in [4.78, 5) is 0. The van der Waals surface area contributed by atoms with E-state index in [1.54, 1.807) is 0 Å². The molecular formula is C6H10N2. The summed E-state index contributed by atoms with van der Waals surface area (Å²) in [5, 5.41) is 3.08. The molecule has 0 aliphatic heterocycles. The second-order valence-corrected chi connectivity index (χ2v) is 1.72. The number of nitrogens with zero attached hydrogens (tertiary/aromatic N) is 1. The van der Waals surface area contributed by atoms with E-state index < -0.39 is 0 Å². The van der Waals surface area contributed by atoms with Crippen LogP contribution in [-0.2, 0) is 0 Å². The van der Waals surface area contributed by atoms with E-state index in [1.165, 1.54) is 6.20 Å². The van der Waals surface area contributed by atoms with Crippen molar-refractivity contribution < 1.29 is 0 Å². The maximum absolute atomic E-state index is 6.43. The Kier molecular flexibility index (Phi) is 2.77. The van der Waals surface area contributed by atoms with Crippen LogP contribution < -0.4 is 0 Å². The van der Waals surface area contributed by atoms with Crippen molar-refractivity contribution in [1.82, 2.24) is 0 Å². The third-order valence-electron chi connectivity index (χ3n) is 0.931. The first-order valence-corrected chi connectivity index (χ1v) is 2.37. The summed E-state index contributed by atoms with van der Waals surface area (Å²) in [6.45, 7) is 7.42. The van der Waals surface area contributed by atoms with Crippen LogP contribution in [0.25, 0.3) is 0 Å². The molecule has 0 bridgehead atoms. The quantitative estimate of drug-likeness (QED) is 0.419. The molecule has 0 aromatic rings. The Morgan fingerprint density at radius 3 is 2.25 bits per heavy atom. The van der Waals surface area contributed by atoms with E-state index in [0.29, 0.717) is 0 Å². The zero-order chi connectivity index (χ0) is 6.57. The maximum Gasteiger partial charge on any atom is 0.0520 e. The summed E-state index contributed by atoms with van der Waals surface area (Å²) in [7, 11) is 0. The van der Waals surface area contributed by atoms with Gasteiger partial charge in [-0.25, -0.2) is 5.53 Å². The lowest BCUT2D eigenvalue weighted by Gasteiger charge is -1.91. The molecule has 0 radical (unpaired) electrons. The van der Waals surface area contributed by atoms with Gasteiger partial charge in [-0.05, 0) is 19.4 Å². The zero-order valence-electron chi connectivity index (χ0n) is 5.23. The van der Waals surface area contributed by atoms with E-state index in [2.05, 4.69) is 11.7 Å². The Balaban J connectivity index is 3.99. The molecule has 0 saturated heterocycles. The first-order valence-electron chi connectivity index (χ1n) is 2.37. The first kappa shape index (κ1) is 7.08. The van der Waals surface area contributed by atoms with Gasteiger partial charge in [-0.1, -0.05) is 12.2 Å². The van der Waals surface area contributed by atoms with Gasteiger partial charge in [0.05, 0.1) is 6.20 Å². The first-order chi connectivity index (χ1) is 3.68. The zero-order valence-corrected chi connectivity index (χ0v) is 5.23. The van der Waals surface area contributed by atoms with Crippen LogP contribution in [-0.4, -0.2) is 0 Å². The van der Waals surface area contributed by atoms with Crippen molar-refractivity contribution in [2.75, 3.05) is 0 Å². The molecule has 0 aliphatic carbocycles. The molecule has 2 nitrogen and oxygen atoms in total. The average Bonchev–Trinajstić information content (AvgIpc) is 1.67. The number of allylic oxidation sites excluding steroid dienone is 2. The predicted octanol–water partition coefficient (Wildman–Crippen LogP) is 2.50. The van der Waals surface area contributed by atoms with Gasteiger partial charge in [0, 0.05) is 0 Å². The fraction of sp³-hybridized carbons (Fsp3) is 0.333. The Bertz CT molecular complexity index is 133. The third-order valence-corrected chi connectivity index (χ3v) is 0.931. The minimum atomic E-state index is 0.958. The minimum Gasteiger partial charge on any atom is -0.205 e. The summed E-state index contributed by atoms with van der Waals surface area (Å²) >= 11 is 0. The molecule has 8 heavy (non-hydrogen) atoms. The summed E-state index contributed by atoms with van der Waals surface area (Å²) in [5.74, 6) is 0. The molecule has 0 atom stereocenters. The number of rotatable bonds is 2. The standard InChI is InChI=1S/C6H10N2/c1-5(2)6(3)4-8-7/h4,7H,1H2,2-3H3/b6-4-,8-7?. The van der Waals surface area contributed by atoms with Crippen LogP contribution >= 0.6 is 0 Å². The molecule has 0 aromatic heterocycles. The molecule has 0 rings (SSSR count). The molecule has 0 aromatic carbocycles. The van der Waals surface area contributed by atoms with Gasteiger partial charge in [-0.3, -0.25) is 0 Å². The monoisotopic (exact) mass is 110 g/mol. The van der Waals surface area contributed by atoms with E-state index in [1.807, 2.05) is 13.8 Å². The lowest BCUT2D eigenvalue weighted by molar-refractivity contribution is 1.12. The highest BCUT2D eigenvalue weighted by Crippen LogP contribution is 2.03. The van der Waals surface area contributed by atoms with Crippen LogP contribution in [0.2, 0.25) is 0 Å². The lowest BCUT2D eigenvalue weighted by atomic mass is 10.2. The Morgan fingerprint density at radius 2 is 2.12 bits per heavy atom. The normalized spacial score (nSPS) is 11.0. The fourth-order valence-electron chi connectivity index (χ4n) is 0.207. The highest BCUT2D eigenvalue weighted by molar-refractivity contribution is 5.22. The summed E-state index contributed by atoms with van der Waals surface area (Å²) in [6, 6.07) is 0. The maximum atomic E-state index is 6.43. The lowest BCUT2D eigenvalue weighted by Crippen LogP contribution is -1.72. The van der Waals surface area contributed by atoms with Gasteiger partial charge < -0.3 is 0 Å². The van der Waals surface area contributed by atoms with Crippen LogP contribution in [0.3, 0.4) is 0 Å². The molecule has 0 saturated carbocycles. The van der Waals surface area contributed by atoms with Crippen LogP contribution in [0, 0.1) is 5.53 Å². The van der Waals surface area contributed by atoms with Crippen molar-refractivity contribution in [2.45, 2.75) is 13.8 Å². The van der Waals surface area contributed by atoms with Crippen LogP contribution in [0.1, 0.15) is 13.8 Å². The average molecular weight is 110 g/mol. The van der Waals surface area contributed by atoms with Gasteiger partial charge in [0.2, 0.25) is 0 Å². The fourth-order valence-corrected chi connectivity index (χ4v) is 0.207. The summed E-state index contributed by atoms with van der Waals surface area (Å²) in [5.41, 5.74) is 8.35. The molecule has 0 unspecified atom stereocenters. The molecular weight excluding hydrogens is 100 g/mol. The molecule has 44 valence electrons. The van der Waals surface area contributed by atoms with Crippen molar-refractivity contribution in [2.24, 2.45) is 5.11 Å². The number of hydrogen-bond acceptors (Lipinski definition) is 2. The predicted molar refractivity (Wildman–Crippen MR) is 33.7 cm³/mol. The van der Waals surface area contributed by atoms with Crippen LogP contribution in [0.15, 0.2) is 29.0 Å². The summed E-state index contributed by atoms with van der Waals surface area (Å²) < 4.78 is 0. The van der Waals surface area contributed by atoms with Crippen molar-refractivity contribution in [3.63, 3.8) is 0 Å². The molecule has 1 N–H and O–H groups in total. The van der Waals surface area contributed by atoms with Gasteiger partial charge in [-0.2, -0.15) is 5.11 Å². The van der Waals surface area contributed by atoms with Gasteiger partial charge >= 0.3 is 0 Å². The van der Waals surface area contributed by atoms with Crippen molar-refractivity contribution in [3.05, 3.63) is 23.9 Å². The molecule has 0 aliphatic rings. The van der Waals surface area contributed by atoms with Crippen LogP contribution in [0.5, 0.6) is 0 Å². The highest BCUT2D eigenvalue weighted by Gasteiger charge is 1.84. The van der Waals surface area contributed by atoms with Crippen LogP contribution in [0.4, 0.5) is 0 Å². The smallest absolute Gasteiger partial charge is 0.0520 e. The van der Waals surface area contributed by atoms with Crippen molar-refractivity contribution in [1.29, 1.82) is 5.53 Å². The van der Waals surface area contributed by atoms with Crippen molar-refractivity contribution >= 4 is 0 Å². The minimum absolute atomic E-state index is 0.958. The largest absolute Gasteiger partial charge is 0.205 e. The number of hydrogen-bond donors (Lipinski definition) is 1. The molecule has 0 amide bonds. The Morgan fingerprint density at radius 1 is 1.62 bits per heavy atom. The van der Waals surface area contributed by atoms with E-state index in [4.69, 9.17) is 5.53 Å². The SMILES string of the molecule is C=C(C)/C(C)=C\N=N. The van der Waals surface area contributed by atoms with Crippen molar-refractivity contribution in [3.8, 4) is 0 Å². The molecule has 0 heterocycles. The second kappa shape index (κ2) is 3.13. The van der Waals surface area contributed by atoms with E-state index >= 15 is 0 Å². The highest BCUT2D eigenvalue weighted by atomic mass is 14.9. The Labute approximate surface area is 49.4 Å².